The maximum Gasteiger partial charge on any atom is 0.119 e. The highest BCUT2D eigenvalue weighted by atomic mass is 32.1. The molecule has 0 saturated heterocycles. The van der Waals surface area contributed by atoms with Crippen molar-refractivity contribution >= 4 is 44.6 Å². The van der Waals surface area contributed by atoms with Gasteiger partial charge in [-0.2, -0.15) is 4.37 Å². The van der Waals surface area contributed by atoms with E-state index in [1.807, 2.05) is 25.2 Å². The fourth-order valence-electron chi connectivity index (χ4n) is 1.53. The van der Waals surface area contributed by atoms with Gasteiger partial charge in [-0.1, -0.05) is 24.4 Å². The highest BCUT2D eigenvalue weighted by Gasteiger charge is 2.09. The first-order valence-electron chi connectivity index (χ1n) is 5.02. The summed E-state index contributed by atoms with van der Waals surface area (Å²) in [5.74, 6) is 0. The Morgan fingerprint density at radius 2 is 2.25 bits per heavy atom. The Bertz CT molecular complexity index is 507. The summed E-state index contributed by atoms with van der Waals surface area (Å²) in [6, 6.07) is 8.14. The number of nitrogens with two attached hydrogens (primary N) is 1. The van der Waals surface area contributed by atoms with Crippen molar-refractivity contribution in [2.75, 3.05) is 18.5 Å². The molecule has 0 fully saturated rings. The highest BCUT2D eigenvalue weighted by molar-refractivity contribution is 7.80. The molecule has 0 aliphatic rings. The lowest BCUT2D eigenvalue weighted by atomic mass is 10.2. The molecule has 0 saturated carbocycles. The predicted octanol–water partition coefficient (Wildman–Crippen LogP) is 2.41. The molecule has 3 nitrogen and oxygen atoms in total. The van der Waals surface area contributed by atoms with Gasteiger partial charge in [0.05, 0.1) is 10.5 Å². The van der Waals surface area contributed by atoms with Crippen LogP contribution >= 0.6 is 23.8 Å². The predicted molar refractivity (Wildman–Crippen MR) is 74.3 cm³/mol. The zero-order valence-electron chi connectivity index (χ0n) is 9.01. The lowest BCUT2D eigenvalue weighted by Gasteiger charge is -2.16. The van der Waals surface area contributed by atoms with Gasteiger partial charge in [-0.3, -0.25) is 0 Å². The number of hydrogen-bond donors (Lipinski definition) is 1. The summed E-state index contributed by atoms with van der Waals surface area (Å²) in [5, 5.41) is 2.37. The van der Waals surface area contributed by atoms with Crippen LogP contribution in [-0.4, -0.2) is 23.0 Å². The molecule has 2 rings (SSSR count). The molecule has 0 atom stereocenters. The van der Waals surface area contributed by atoms with Crippen molar-refractivity contribution in [2.45, 2.75) is 6.42 Å². The SMILES string of the molecule is CN(CCC(N)=S)c1snc2ccccc12. The third-order valence-corrected chi connectivity index (χ3v) is 3.60. The average Bonchev–Trinajstić information content (AvgIpc) is 2.69. The molecule has 1 aromatic carbocycles. The molecule has 2 N–H and O–H groups in total. The normalized spacial score (nSPS) is 10.6. The molecular weight excluding hydrogens is 238 g/mol. The van der Waals surface area contributed by atoms with Crippen LogP contribution in [0.1, 0.15) is 6.42 Å². The van der Waals surface area contributed by atoms with E-state index in [1.165, 1.54) is 21.9 Å². The minimum Gasteiger partial charge on any atom is -0.393 e. The lowest BCUT2D eigenvalue weighted by molar-refractivity contribution is 0.935. The maximum absolute atomic E-state index is 5.50. The van der Waals surface area contributed by atoms with Crippen molar-refractivity contribution in [3.8, 4) is 0 Å². The minimum absolute atomic E-state index is 0.556. The van der Waals surface area contributed by atoms with E-state index in [1.54, 1.807) is 0 Å². The zero-order valence-corrected chi connectivity index (χ0v) is 10.6. The molecule has 0 amide bonds. The molecule has 2 aromatic rings. The first kappa shape index (κ1) is 11.3. The molecule has 0 unspecified atom stereocenters. The second kappa shape index (κ2) is 4.76. The molecule has 0 aliphatic carbocycles. The molecule has 5 heteroatoms. The van der Waals surface area contributed by atoms with E-state index in [0.29, 0.717) is 4.99 Å². The Morgan fingerprint density at radius 3 is 3.00 bits per heavy atom. The van der Waals surface area contributed by atoms with Crippen molar-refractivity contribution in [1.82, 2.24) is 4.37 Å². The van der Waals surface area contributed by atoms with Gasteiger partial charge in [0.15, 0.2) is 0 Å². The largest absolute Gasteiger partial charge is 0.393 e. The fourth-order valence-corrected chi connectivity index (χ4v) is 2.47. The van der Waals surface area contributed by atoms with Crippen LogP contribution in [0.4, 0.5) is 5.00 Å². The van der Waals surface area contributed by atoms with Crippen LogP contribution in [0.25, 0.3) is 10.9 Å². The molecule has 84 valence electrons. The molecule has 0 bridgehead atoms. The molecular formula is C11H13N3S2. The van der Waals surface area contributed by atoms with Crippen LogP contribution in [0.15, 0.2) is 24.3 Å². The Labute approximate surface area is 104 Å². The van der Waals surface area contributed by atoms with Crippen LogP contribution in [-0.2, 0) is 0 Å². The lowest BCUT2D eigenvalue weighted by Crippen LogP contribution is -2.22. The molecule has 1 heterocycles. The Morgan fingerprint density at radius 1 is 1.50 bits per heavy atom. The molecule has 1 aromatic heterocycles. The number of aromatic nitrogens is 1. The first-order valence-corrected chi connectivity index (χ1v) is 6.20. The van der Waals surface area contributed by atoms with E-state index >= 15 is 0 Å². The molecule has 0 radical (unpaired) electrons. The zero-order chi connectivity index (χ0) is 11.5. The summed E-state index contributed by atoms with van der Waals surface area (Å²) in [6.45, 7) is 0.835. The summed E-state index contributed by atoms with van der Waals surface area (Å²) >= 11 is 6.39. The number of nitrogens with zero attached hydrogens (tertiary/aromatic N) is 2. The van der Waals surface area contributed by atoms with Gasteiger partial charge >= 0.3 is 0 Å². The van der Waals surface area contributed by atoms with E-state index < -0.39 is 0 Å². The van der Waals surface area contributed by atoms with Gasteiger partial charge in [0, 0.05) is 25.4 Å². The summed E-state index contributed by atoms with van der Waals surface area (Å²) < 4.78 is 4.40. The standard InChI is InChI=1S/C11H13N3S2/c1-14(7-6-10(12)15)11-8-4-2-3-5-9(8)13-16-11/h2-5H,6-7H2,1H3,(H2,12,15). The Kier molecular flexibility index (Phi) is 3.36. The number of benzene rings is 1. The van der Waals surface area contributed by atoms with Gasteiger partial charge in [0.25, 0.3) is 0 Å². The van der Waals surface area contributed by atoms with Crippen molar-refractivity contribution in [3.63, 3.8) is 0 Å². The highest BCUT2D eigenvalue weighted by Crippen LogP contribution is 2.30. The van der Waals surface area contributed by atoms with Gasteiger partial charge in [-0.25, -0.2) is 0 Å². The third kappa shape index (κ3) is 2.31. The van der Waals surface area contributed by atoms with Gasteiger partial charge in [-0.15, -0.1) is 0 Å². The monoisotopic (exact) mass is 251 g/mol. The number of rotatable bonds is 4. The van der Waals surface area contributed by atoms with Crippen molar-refractivity contribution in [2.24, 2.45) is 5.73 Å². The molecule has 0 spiro atoms. The summed E-state index contributed by atoms with van der Waals surface area (Å²) in [7, 11) is 2.04. The fraction of sp³-hybridized carbons (Fsp3) is 0.273. The van der Waals surface area contributed by atoms with Crippen molar-refractivity contribution < 1.29 is 0 Å². The Balaban J connectivity index is 2.22. The second-order valence-corrected chi connectivity index (χ2v) is 4.92. The van der Waals surface area contributed by atoms with Crippen LogP contribution < -0.4 is 10.6 Å². The van der Waals surface area contributed by atoms with E-state index in [2.05, 4.69) is 15.3 Å². The second-order valence-electron chi connectivity index (χ2n) is 3.64. The molecule has 16 heavy (non-hydrogen) atoms. The van der Waals surface area contributed by atoms with E-state index in [4.69, 9.17) is 18.0 Å². The van der Waals surface area contributed by atoms with Crippen LogP contribution in [0, 0.1) is 0 Å². The van der Waals surface area contributed by atoms with Gasteiger partial charge in [0.1, 0.15) is 5.00 Å². The number of thiocarbonyl (C=S) groups is 1. The number of hydrogen-bond acceptors (Lipinski definition) is 4. The first-order chi connectivity index (χ1) is 7.68. The molecule has 0 aliphatic heterocycles. The Hall–Kier alpha value is -1.20. The average molecular weight is 251 g/mol. The smallest absolute Gasteiger partial charge is 0.119 e. The van der Waals surface area contributed by atoms with E-state index in [9.17, 15) is 0 Å². The topological polar surface area (TPSA) is 42.1 Å². The maximum atomic E-state index is 5.50. The number of fused-ring (bicyclic) bond motifs is 1. The summed E-state index contributed by atoms with van der Waals surface area (Å²) in [5.41, 5.74) is 6.55. The van der Waals surface area contributed by atoms with Crippen molar-refractivity contribution in [3.05, 3.63) is 24.3 Å². The summed E-state index contributed by atoms with van der Waals surface area (Å²) in [6.07, 6.45) is 0.734. The number of anilines is 1. The van der Waals surface area contributed by atoms with Crippen LogP contribution in [0.5, 0.6) is 0 Å². The third-order valence-electron chi connectivity index (χ3n) is 2.41. The van der Waals surface area contributed by atoms with Gasteiger partial charge in [-0.05, 0) is 23.7 Å². The van der Waals surface area contributed by atoms with Crippen LogP contribution in [0.2, 0.25) is 0 Å². The van der Waals surface area contributed by atoms with E-state index in [-0.39, 0.29) is 0 Å². The minimum atomic E-state index is 0.556. The quantitative estimate of drug-likeness (QED) is 0.847. The van der Waals surface area contributed by atoms with E-state index in [0.717, 1.165) is 18.5 Å². The van der Waals surface area contributed by atoms with Gasteiger partial charge < -0.3 is 10.6 Å². The van der Waals surface area contributed by atoms with Gasteiger partial charge in [0.2, 0.25) is 0 Å². The summed E-state index contributed by atoms with van der Waals surface area (Å²) in [4.78, 5) is 2.71. The van der Waals surface area contributed by atoms with Crippen molar-refractivity contribution in [1.29, 1.82) is 0 Å². The van der Waals surface area contributed by atoms with Crippen LogP contribution in [0.3, 0.4) is 0 Å².